The summed E-state index contributed by atoms with van der Waals surface area (Å²) in [5.41, 5.74) is 8.33. The average Bonchev–Trinajstić information content (AvgIpc) is 2.40. The number of hydrogen-bond donors (Lipinski definition) is 2. The van der Waals surface area contributed by atoms with Crippen LogP contribution in [-0.4, -0.2) is 16.6 Å². The minimum atomic E-state index is 0.262. The average molecular weight is 243 g/mol. The van der Waals surface area contributed by atoms with Gasteiger partial charge in [0, 0.05) is 24.8 Å². The maximum atomic E-state index is 9.53. The van der Waals surface area contributed by atoms with Crippen LogP contribution in [0.1, 0.15) is 12.6 Å². The van der Waals surface area contributed by atoms with E-state index >= 15 is 0 Å². The van der Waals surface area contributed by atoms with Gasteiger partial charge in [0.1, 0.15) is 5.75 Å². The van der Waals surface area contributed by atoms with Crippen LogP contribution in [0, 0.1) is 0 Å². The number of phenolic OH excluding ortho intramolecular Hbond substituents is 1. The molecule has 0 amide bonds. The van der Waals surface area contributed by atoms with Gasteiger partial charge in [-0.1, -0.05) is 6.07 Å². The Balaban J connectivity index is 2.32. The zero-order chi connectivity index (χ0) is 13.0. The van der Waals surface area contributed by atoms with E-state index in [1.807, 2.05) is 24.3 Å². The maximum Gasteiger partial charge on any atom is 0.117 e. The predicted octanol–water partition coefficient (Wildman–Crippen LogP) is 2.40. The number of pyridine rings is 1. The van der Waals surface area contributed by atoms with Crippen molar-refractivity contribution in [3.8, 4) is 5.75 Å². The van der Waals surface area contributed by atoms with Gasteiger partial charge in [-0.05, 0) is 31.2 Å². The summed E-state index contributed by atoms with van der Waals surface area (Å²) in [5, 5.41) is 9.53. The lowest BCUT2D eigenvalue weighted by molar-refractivity contribution is 0.475. The second-order valence-corrected chi connectivity index (χ2v) is 3.98. The number of aromatic nitrogens is 1. The van der Waals surface area contributed by atoms with Crippen LogP contribution in [0.3, 0.4) is 0 Å². The van der Waals surface area contributed by atoms with Gasteiger partial charge in [0.25, 0.3) is 0 Å². The molecular formula is C14H17N3O. The minimum Gasteiger partial charge on any atom is -0.508 e. The molecule has 0 aliphatic carbocycles. The fourth-order valence-electron chi connectivity index (χ4n) is 1.87. The normalized spacial score (nSPS) is 10.3. The van der Waals surface area contributed by atoms with E-state index in [1.165, 1.54) is 0 Å². The Bertz CT molecular complexity index is 511. The number of nitrogens with two attached hydrogens (primary N) is 1. The summed E-state index contributed by atoms with van der Waals surface area (Å²) in [7, 11) is 0. The lowest BCUT2D eigenvalue weighted by Gasteiger charge is -2.23. The number of aromatic hydroxyl groups is 1. The molecule has 0 fully saturated rings. The van der Waals surface area contributed by atoms with Crippen LogP contribution in [0.4, 0.5) is 11.4 Å². The summed E-state index contributed by atoms with van der Waals surface area (Å²) in [6.07, 6.45) is 1.80. The van der Waals surface area contributed by atoms with Crippen molar-refractivity contribution in [2.45, 2.75) is 13.5 Å². The van der Waals surface area contributed by atoms with Gasteiger partial charge in [-0.25, -0.2) is 0 Å². The van der Waals surface area contributed by atoms with E-state index in [2.05, 4.69) is 16.8 Å². The molecule has 0 bridgehead atoms. The van der Waals surface area contributed by atoms with E-state index in [0.29, 0.717) is 6.54 Å². The second kappa shape index (κ2) is 5.51. The smallest absolute Gasteiger partial charge is 0.117 e. The summed E-state index contributed by atoms with van der Waals surface area (Å²) >= 11 is 0. The first kappa shape index (κ1) is 12.4. The van der Waals surface area contributed by atoms with E-state index in [4.69, 9.17) is 5.73 Å². The molecule has 94 valence electrons. The summed E-state index contributed by atoms with van der Waals surface area (Å²) in [6.45, 7) is 3.30. The van der Waals surface area contributed by atoms with Gasteiger partial charge in [0.2, 0.25) is 0 Å². The van der Waals surface area contributed by atoms with Crippen LogP contribution in [0.15, 0.2) is 42.6 Å². The highest BCUT2D eigenvalue weighted by Crippen LogP contribution is 2.27. The standard InChI is InChI=1S/C14H17N3O/c1-2-17(12-4-3-5-14(18)8-12)13-7-6-11(9-15)16-10-13/h3-8,10,18H,2,9,15H2,1H3. The first-order valence-corrected chi connectivity index (χ1v) is 5.96. The quantitative estimate of drug-likeness (QED) is 0.865. The zero-order valence-electron chi connectivity index (χ0n) is 10.4. The lowest BCUT2D eigenvalue weighted by atomic mass is 10.2. The summed E-state index contributed by atoms with van der Waals surface area (Å²) in [4.78, 5) is 6.36. The molecule has 0 spiro atoms. The molecule has 0 unspecified atom stereocenters. The van der Waals surface area contributed by atoms with Crippen molar-refractivity contribution in [1.82, 2.24) is 4.98 Å². The Morgan fingerprint density at radius 1 is 1.22 bits per heavy atom. The highest BCUT2D eigenvalue weighted by molar-refractivity contribution is 5.63. The van der Waals surface area contributed by atoms with Gasteiger partial charge in [-0.2, -0.15) is 0 Å². The summed E-state index contributed by atoms with van der Waals surface area (Å²) in [6, 6.07) is 11.1. The van der Waals surface area contributed by atoms with E-state index < -0.39 is 0 Å². The van der Waals surface area contributed by atoms with Gasteiger partial charge in [0.05, 0.1) is 17.6 Å². The topological polar surface area (TPSA) is 62.4 Å². The first-order chi connectivity index (χ1) is 8.74. The molecule has 3 N–H and O–H groups in total. The molecule has 1 aromatic heterocycles. The molecule has 0 aliphatic rings. The predicted molar refractivity (Wildman–Crippen MR) is 72.9 cm³/mol. The number of anilines is 2. The highest BCUT2D eigenvalue weighted by Gasteiger charge is 2.08. The third-order valence-electron chi connectivity index (χ3n) is 2.79. The molecule has 2 aromatic rings. The van der Waals surface area contributed by atoms with E-state index in [9.17, 15) is 5.11 Å². The van der Waals surface area contributed by atoms with Crippen LogP contribution in [0.5, 0.6) is 5.75 Å². The Labute approximate surface area is 107 Å². The number of nitrogens with zero attached hydrogens (tertiary/aromatic N) is 2. The molecule has 1 heterocycles. The second-order valence-electron chi connectivity index (χ2n) is 3.98. The molecular weight excluding hydrogens is 226 g/mol. The highest BCUT2D eigenvalue weighted by atomic mass is 16.3. The number of benzene rings is 1. The van der Waals surface area contributed by atoms with Gasteiger partial charge in [0.15, 0.2) is 0 Å². The third kappa shape index (κ3) is 2.60. The van der Waals surface area contributed by atoms with Crippen molar-refractivity contribution in [3.63, 3.8) is 0 Å². The van der Waals surface area contributed by atoms with E-state index in [0.717, 1.165) is 23.6 Å². The van der Waals surface area contributed by atoms with Crippen LogP contribution in [0.2, 0.25) is 0 Å². The SMILES string of the molecule is CCN(c1ccc(CN)nc1)c1cccc(O)c1. The molecule has 18 heavy (non-hydrogen) atoms. The summed E-state index contributed by atoms with van der Waals surface area (Å²) in [5.74, 6) is 0.262. The van der Waals surface area contributed by atoms with Crippen molar-refractivity contribution in [1.29, 1.82) is 0 Å². The molecule has 4 heteroatoms. The lowest BCUT2D eigenvalue weighted by Crippen LogP contribution is -2.16. The number of phenols is 1. The van der Waals surface area contributed by atoms with E-state index in [1.54, 1.807) is 18.3 Å². The fourth-order valence-corrected chi connectivity index (χ4v) is 1.87. The van der Waals surface area contributed by atoms with E-state index in [-0.39, 0.29) is 5.75 Å². The van der Waals surface area contributed by atoms with Crippen molar-refractivity contribution >= 4 is 11.4 Å². The molecule has 0 saturated heterocycles. The minimum absolute atomic E-state index is 0.262. The van der Waals surface area contributed by atoms with Crippen LogP contribution >= 0.6 is 0 Å². The number of rotatable bonds is 4. The molecule has 1 aromatic carbocycles. The third-order valence-corrected chi connectivity index (χ3v) is 2.79. The maximum absolute atomic E-state index is 9.53. The monoisotopic (exact) mass is 243 g/mol. The fraction of sp³-hybridized carbons (Fsp3) is 0.214. The molecule has 0 radical (unpaired) electrons. The van der Waals surface area contributed by atoms with Crippen LogP contribution < -0.4 is 10.6 Å². The van der Waals surface area contributed by atoms with Crippen molar-refractivity contribution in [3.05, 3.63) is 48.3 Å². The van der Waals surface area contributed by atoms with Gasteiger partial charge < -0.3 is 15.7 Å². The van der Waals surface area contributed by atoms with Crippen molar-refractivity contribution in [2.24, 2.45) is 5.73 Å². The molecule has 0 aliphatic heterocycles. The zero-order valence-corrected chi connectivity index (χ0v) is 10.4. The Morgan fingerprint density at radius 3 is 2.61 bits per heavy atom. The Kier molecular flexibility index (Phi) is 3.79. The Hall–Kier alpha value is -2.07. The van der Waals surface area contributed by atoms with Gasteiger partial charge in [-0.3, -0.25) is 4.98 Å². The van der Waals surface area contributed by atoms with Gasteiger partial charge in [-0.15, -0.1) is 0 Å². The number of hydrogen-bond acceptors (Lipinski definition) is 4. The molecule has 2 rings (SSSR count). The first-order valence-electron chi connectivity index (χ1n) is 5.96. The van der Waals surface area contributed by atoms with Crippen molar-refractivity contribution in [2.75, 3.05) is 11.4 Å². The molecule has 0 atom stereocenters. The summed E-state index contributed by atoms with van der Waals surface area (Å²) < 4.78 is 0. The van der Waals surface area contributed by atoms with Gasteiger partial charge >= 0.3 is 0 Å². The Morgan fingerprint density at radius 2 is 2.06 bits per heavy atom. The van der Waals surface area contributed by atoms with Crippen molar-refractivity contribution < 1.29 is 5.11 Å². The van der Waals surface area contributed by atoms with Crippen LogP contribution in [0.25, 0.3) is 0 Å². The molecule has 4 nitrogen and oxygen atoms in total. The molecule has 0 saturated carbocycles. The van der Waals surface area contributed by atoms with Crippen LogP contribution in [-0.2, 0) is 6.54 Å². The largest absolute Gasteiger partial charge is 0.508 e.